The molecule has 1 unspecified atom stereocenters. The Hall–Kier alpha value is -2.06. The highest BCUT2D eigenvalue weighted by molar-refractivity contribution is 5.86. The molecule has 5 nitrogen and oxygen atoms in total. The molecule has 0 saturated carbocycles. The second-order valence-corrected chi connectivity index (χ2v) is 4.89. The Kier molecular flexibility index (Phi) is 6.00. The third-order valence-corrected chi connectivity index (χ3v) is 3.36. The molecule has 8 heteroatoms. The van der Waals surface area contributed by atoms with E-state index >= 15 is 0 Å². The van der Waals surface area contributed by atoms with Gasteiger partial charge < -0.3 is 10.5 Å². The minimum absolute atomic E-state index is 0.0608. The van der Waals surface area contributed by atoms with E-state index < -0.39 is 12.6 Å². The summed E-state index contributed by atoms with van der Waals surface area (Å²) in [6, 6.07) is 6.80. The first kappa shape index (κ1) is 17.3. The molecule has 0 amide bonds. The molecule has 0 aliphatic carbocycles. The number of nitrogens with one attached hydrogen (secondary N) is 1. The van der Waals surface area contributed by atoms with Gasteiger partial charge in [0, 0.05) is 18.7 Å². The third kappa shape index (κ3) is 4.23. The maximum Gasteiger partial charge on any atom is 0.296 e. The molecule has 0 saturated heterocycles. The van der Waals surface area contributed by atoms with Gasteiger partial charge in [0.25, 0.3) is 6.43 Å². The molecular formula is C15H19F3N4O. The molecule has 23 heavy (non-hydrogen) atoms. The fourth-order valence-electron chi connectivity index (χ4n) is 2.08. The van der Waals surface area contributed by atoms with E-state index in [0.29, 0.717) is 24.2 Å². The number of benzene rings is 1. The summed E-state index contributed by atoms with van der Waals surface area (Å²) < 4.78 is 43.6. The Morgan fingerprint density at radius 1 is 1.43 bits per heavy atom. The van der Waals surface area contributed by atoms with Gasteiger partial charge in [-0.1, -0.05) is 12.1 Å². The van der Waals surface area contributed by atoms with Gasteiger partial charge in [0.1, 0.15) is 18.5 Å². The number of nitrogens with two attached hydrogens (primary N) is 1. The second kappa shape index (κ2) is 7.98. The summed E-state index contributed by atoms with van der Waals surface area (Å²) >= 11 is 0. The molecule has 1 aliphatic heterocycles. The SMILES string of the molecule is CCN1NC(c2ccc(OC/C(=C/F)CN)cc2)N=C1C(F)F. The van der Waals surface area contributed by atoms with Crippen LogP contribution in [0.1, 0.15) is 18.7 Å². The molecule has 3 N–H and O–H groups in total. The Morgan fingerprint density at radius 2 is 2.13 bits per heavy atom. The van der Waals surface area contributed by atoms with Crippen molar-refractivity contribution in [3.8, 4) is 5.75 Å². The van der Waals surface area contributed by atoms with Gasteiger partial charge in [-0.25, -0.2) is 23.6 Å². The van der Waals surface area contributed by atoms with Crippen LogP contribution in [0, 0.1) is 0 Å². The van der Waals surface area contributed by atoms with Crippen LogP contribution in [0.15, 0.2) is 41.2 Å². The lowest BCUT2D eigenvalue weighted by Gasteiger charge is -2.19. The second-order valence-electron chi connectivity index (χ2n) is 4.89. The van der Waals surface area contributed by atoms with Crippen LogP contribution in [0.2, 0.25) is 0 Å². The number of nitrogens with zero attached hydrogens (tertiary/aromatic N) is 2. The molecule has 1 heterocycles. The monoisotopic (exact) mass is 328 g/mol. The van der Waals surface area contributed by atoms with Gasteiger partial charge in [0.2, 0.25) is 0 Å². The first-order valence-corrected chi connectivity index (χ1v) is 7.19. The number of amidine groups is 1. The summed E-state index contributed by atoms with van der Waals surface area (Å²) in [5.74, 6) is 0.267. The van der Waals surface area contributed by atoms with Crippen molar-refractivity contribution in [2.24, 2.45) is 10.7 Å². The molecule has 2 rings (SSSR count). The van der Waals surface area contributed by atoms with E-state index in [-0.39, 0.29) is 19.0 Å². The van der Waals surface area contributed by atoms with Crippen molar-refractivity contribution in [3.63, 3.8) is 0 Å². The number of halogens is 3. The quantitative estimate of drug-likeness (QED) is 0.807. The van der Waals surface area contributed by atoms with Crippen LogP contribution >= 0.6 is 0 Å². The highest BCUT2D eigenvalue weighted by Crippen LogP contribution is 2.24. The molecule has 1 aliphatic rings. The topological polar surface area (TPSA) is 62.9 Å². The maximum atomic E-state index is 12.9. The largest absolute Gasteiger partial charge is 0.489 e. The predicted octanol–water partition coefficient (Wildman–Crippen LogP) is 2.38. The summed E-state index contributed by atoms with van der Waals surface area (Å²) in [4.78, 5) is 4.01. The summed E-state index contributed by atoms with van der Waals surface area (Å²) in [5.41, 5.74) is 9.32. The molecule has 1 aromatic carbocycles. The van der Waals surface area contributed by atoms with Gasteiger partial charge in [0.05, 0.1) is 6.33 Å². The van der Waals surface area contributed by atoms with Crippen LogP contribution in [-0.2, 0) is 0 Å². The standard InChI is InChI=1S/C15H19F3N4O/c1-2-22-15(13(17)18)20-14(21-22)11-3-5-12(6-4-11)23-9-10(7-16)8-19/h3-7,13-14,21H,2,8-9,19H2,1H3/b10-7+. The highest BCUT2D eigenvalue weighted by atomic mass is 19.3. The third-order valence-electron chi connectivity index (χ3n) is 3.36. The van der Waals surface area contributed by atoms with E-state index in [0.717, 1.165) is 5.56 Å². The highest BCUT2D eigenvalue weighted by Gasteiger charge is 2.30. The molecule has 0 radical (unpaired) electrons. The van der Waals surface area contributed by atoms with Crippen molar-refractivity contribution in [2.45, 2.75) is 19.5 Å². The van der Waals surface area contributed by atoms with Crippen LogP contribution in [0.3, 0.4) is 0 Å². The van der Waals surface area contributed by atoms with Gasteiger partial charge in [-0.15, -0.1) is 0 Å². The summed E-state index contributed by atoms with van der Waals surface area (Å²) in [6.07, 6.45) is -2.76. The van der Waals surface area contributed by atoms with Gasteiger partial charge in [0.15, 0.2) is 5.84 Å². The Morgan fingerprint density at radius 3 is 2.61 bits per heavy atom. The van der Waals surface area contributed by atoms with Gasteiger partial charge >= 0.3 is 0 Å². The normalized spacial score (nSPS) is 18.5. The van der Waals surface area contributed by atoms with Crippen molar-refractivity contribution in [3.05, 3.63) is 41.7 Å². The van der Waals surface area contributed by atoms with Crippen LogP contribution in [0.5, 0.6) is 5.75 Å². The number of hydrazine groups is 1. The number of hydrogen-bond acceptors (Lipinski definition) is 5. The average molecular weight is 328 g/mol. The smallest absolute Gasteiger partial charge is 0.296 e. The molecular weight excluding hydrogens is 309 g/mol. The number of aliphatic imine (C=N–C) groups is 1. The fourth-order valence-corrected chi connectivity index (χ4v) is 2.08. The molecule has 1 atom stereocenters. The molecule has 0 fully saturated rings. The van der Waals surface area contributed by atoms with Crippen LogP contribution in [0.4, 0.5) is 13.2 Å². The molecule has 1 aromatic rings. The van der Waals surface area contributed by atoms with Crippen molar-refractivity contribution in [1.29, 1.82) is 0 Å². The Bertz CT molecular complexity index is 575. The van der Waals surface area contributed by atoms with Gasteiger partial charge in [-0.05, 0) is 24.6 Å². The predicted molar refractivity (Wildman–Crippen MR) is 81.9 cm³/mol. The molecule has 0 bridgehead atoms. The Balaban J connectivity index is 2.03. The molecule has 0 spiro atoms. The number of ether oxygens (including phenoxy) is 1. The lowest BCUT2D eigenvalue weighted by atomic mass is 10.2. The van der Waals surface area contributed by atoms with E-state index in [2.05, 4.69) is 10.4 Å². The minimum Gasteiger partial charge on any atom is -0.489 e. The van der Waals surface area contributed by atoms with Gasteiger partial charge in [-0.3, -0.25) is 5.01 Å². The number of alkyl halides is 2. The lowest BCUT2D eigenvalue weighted by Crippen LogP contribution is -2.40. The fraction of sp³-hybridized carbons (Fsp3) is 0.400. The van der Waals surface area contributed by atoms with E-state index in [1.54, 1.807) is 31.2 Å². The lowest BCUT2D eigenvalue weighted by molar-refractivity contribution is 0.194. The van der Waals surface area contributed by atoms with Crippen LogP contribution in [-0.4, -0.2) is 37.0 Å². The zero-order valence-electron chi connectivity index (χ0n) is 12.7. The van der Waals surface area contributed by atoms with E-state index in [1.165, 1.54) is 5.01 Å². The van der Waals surface area contributed by atoms with Crippen molar-refractivity contribution >= 4 is 5.84 Å². The zero-order chi connectivity index (χ0) is 16.8. The Labute approximate surface area is 132 Å². The maximum absolute atomic E-state index is 12.9. The van der Waals surface area contributed by atoms with Crippen molar-refractivity contribution in [2.75, 3.05) is 19.7 Å². The van der Waals surface area contributed by atoms with E-state index in [9.17, 15) is 13.2 Å². The zero-order valence-corrected chi connectivity index (χ0v) is 12.7. The summed E-state index contributed by atoms with van der Waals surface area (Å²) in [6.45, 7) is 2.29. The number of hydrogen-bond donors (Lipinski definition) is 2. The minimum atomic E-state index is -2.63. The molecule has 0 aromatic heterocycles. The summed E-state index contributed by atoms with van der Waals surface area (Å²) in [7, 11) is 0. The molecule has 126 valence electrons. The summed E-state index contributed by atoms with van der Waals surface area (Å²) in [5, 5.41) is 1.33. The first-order valence-electron chi connectivity index (χ1n) is 7.19. The van der Waals surface area contributed by atoms with Gasteiger partial charge in [-0.2, -0.15) is 0 Å². The average Bonchev–Trinajstić information content (AvgIpc) is 3.01. The number of rotatable bonds is 7. The van der Waals surface area contributed by atoms with E-state index in [1.807, 2.05) is 0 Å². The van der Waals surface area contributed by atoms with Crippen molar-refractivity contribution < 1.29 is 17.9 Å². The van der Waals surface area contributed by atoms with Crippen LogP contribution in [0.25, 0.3) is 0 Å². The first-order chi connectivity index (χ1) is 11.1. The van der Waals surface area contributed by atoms with E-state index in [4.69, 9.17) is 10.5 Å². The van der Waals surface area contributed by atoms with Crippen molar-refractivity contribution in [1.82, 2.24) is 10.4 Å². The van der Waals surface area contributed by atoms with Crippen LogP contribution < -0.4 is 15.9 Å².